The van der Waals surface area contributed by atoms with E-state index in [1.165, 1.54) is 22.3 Å². The Hall–Kier alpha value is -2.31. The second kappa shape index (κ2) is 10.1. The van der Waals surface area contributed by atoms with Gasteiger partial charge in [0.15, 0.2) is 16.6 Å². The number of nitrogens with one attached hydrogen (secondary N) is 2. The lowest BCUT2D eigenvalue weighted by atomic mass is 9.91. The summed E-state index contributed by atoms with van der Waals surface area (Å²) in [6, 6.07) is 13.3. The number of thiocarbonyl (C=S) groups is 1. The molecule has 6 heteroatoms. The quantitative estimate of drug-likeness (QED) is 0.652. The molecule has 0 spiro atoms. The second-order valence-electron chi connectivity index (χ2n) is 8.08. The fourth-order valence-corrected chi connectivity index (χ4v) is 4.34. The number of hydrogen-bond acceptors (Lipinski definition) is 4. The molecule has 0 aromatic heterocycles. The third-order valence-corrected chi connectivity index (χ3v) is 5.89. The summed E-state index contributed by atoms with van der Waals surface area (Å²) < 4.78 is 11.1. The Bertz CT molecular complexity index is 885. The van der Waals surface area contributed by atoms with Crippen LogP contribution in [0.2, 0.25) is 0 Å². The molecule has 5 nitrogen and oxygen atoms in total. The molecule has 2 aromatic rings. The Kier molecular flexibility index (Phi) is 7.56. The van der Waals surface area contributed by atoms with Gasteiger partial charge in [-0.25, -0.2) is 0 Å². The Morgan fingerprint density at radius 1 is 1.17 bits per heavy atom. The number of benzene rings is 2. The summed E-state index contributed by atoms with van der Waals surface area (Å²) in [5, 5.41) is 7.39. The molecule has 1 aliphatic rings. The molecule has 1 aliphatic heterocycles. The van der Waals surface area contributed by atoms with E-state index < -0.39 is 0 Å². The highest BCUT2D eigenvalue weighted by Crippen LogP contribution is 2.38. The SMILES string of the molecule is COc1cc2c(cc1OC)[C@@H](CNC(=S)NC(C)C)N(Cc1ccccc1C)CC2. The van der Waals surface area contributed by atoms with Crippen molar-refractivity contribution in [1.82, 2.24) is 15.5 Å². The average Bonchev–Trinajstić information content (AvgIpc) is 2.72. The monoisotopic (exact) mass is 427 g/mol. The maximum absolute atomic E-state index is 5.60. The molecule has 1 atom stereocenters. The summed E-state index contributed by atoms with van der Waals surface area (Å²) in [5.74, 6) is 1.55. The Morgan fingerprint density at radius 3 is 2.53 bits per heavy atom. The number of ether oxygens (including phenoxy) is 2. The van der Waals surface area contributed by atoms with Crippen molar-refractivity contribution in [1.29, 1.82) is 0 Å². The van der Waals surface area contributed by atoms with E-state index in [2.05, 4.69) is 72.7 Å². The molecule has 0 amide bonds. The number of aryl methyl sites for hydroxylation is 1. The summed E-state index contributed by atoms with van der Waals surface area (Å²) >= 11 is 5.49. The third-order valence-electron chi connectivity index (χ3n) is 5.62. The first-order valence-electron chi connectivity index (χ1n) is 10.5. The van der Waals surface area contributed by atoms with Crippen LogP contribution in [0.15, 0.2) is 36.4 Å². The normalized spacial score (nSPS) is 16.1. The fraction of sp³-hybridized carbons (Fsp3) is 0.458. The minimum Gasteiger partial charge on any atom is -0.493 e. The Morgan fingerprint density at radius 2 is 1.87 bits per heavy atom. The van der Waals surface area contributed by atoms with Crippen molar-refractivity contribution in [2.75, 3.05) is 27.3 Å². The summed E-state index contributed by atoms with van der Waals surface area (Å²) in [5.41, 5.74) is 5.25. The second-order valence-corrected chi connectivity index (χ2v) is 8.49. The number of rotatable bonds is 7. The first kappa shape index (κ1) is 22.4. The molecule has 0 saturated carbocycles. The largest absolute Gasteiger partial charge is 0.493 e. The summed E-state index contributed by atoms with van der Waals surface area (Å²) in [6.45, 7) is 8.96. The minimum absolute atomic E-state index is 0.181. The molecule has 0 bridgehead atoms. The zero-order valence-electron chi connectivity index (χ0n) is 18.6. The molecule has 162 valence electrons. The predicted octanol–water partition coefficient (Wildman–Crippen LogP) is 3.98. The fourth-order valence-electron chi connectivity index (χ4n) is 4.02. The van der Waals surface area contributed by atoms with Gasteiger partial charge in [-0.1, -0.05) is 24.3 Å². The summed E-state index contributed by atoms with van der Waals surface area (Å²) in [7, 11) is 3.37. The maximum atomic E-state index is 5.60. The van der Waals surface area contributed by atoms with E-state index in [4.69, 9.17) is 21.7 Å². The van der Waals surface area contributed by atoms with Crippen molar-refractivity contribution in [3.05, 3.63) is 58.7 Å². The third kappa shape index (κ3) is 5.24. The van der Waals surface area contributed by atoms with Gasteiger partial charge in [0.1, 0.15) is 0 Å². The highest BCUT2D eigenvalue weighted by Gasteiger charge is 2.29. The van der Waals surface area contributed by atoms with Crippen LogP contribution in [0.5, 0.6) is 11.5 Å². The zero-order chi connectivity index (χ0) is 21.7. The van der Waals surface area contributed by atoms with Gasteiger partial charge in [0.2, 0.25) is 0 Å². The zero-order valence-corrected chi connectivity index (χ0v) is 19.4. The smallest absolute Gasteiger partial charge is 0.166 e. The molecule has 3 rings (SSSR count). The van der Waals surface area contributed by atoms with Crippen molar-refractivity contribution in [3.63, 3.8) is 0 Å². The molecular formula is C24H33N3O2S. The minimum atomic E-state index is 0.181. The van der Waals surface area contributed by atoms with Crippen LogP contribution >= 0.6 is 12.2 Å². The van der Waals surface area contributed by atoms with Crippen molar-refractivity contribution >= 4 is 17.3 Å². The molecule has 0 fully saturated rings. The van der Waals surface area contributed by atoms with Crippen LogP contribution in [0, 0.1) is 6.92 Å². The van der Waals surface area contributed by atoms with Gasteiger partial charge in [-0.2, -0.15) is 0 Å². The molecule has 2 N–H and O–H groups in total. The van der Waals surface area contributed by atoms with E-state index >= 15 is 0 Å². The van der Waals surface area contributed by atoms with Crippen LogP contribution in [0.25, 0.3) is 0 Å². The van der Waals surface area contributed by atoms with Crippen LogP contribution in [0.1, 0.15) is 42.1 Å². The van der Waals surface area contributed by atoms with Crippen molar-refractivity contribution < 1.29 is 9.47 Å². The highest BCUT2D eigenvalue weighted by atomic mass is 32.1. The van der Waals surface area contributed by atoms with E-state index in [9.17, 15) is 0 Å². The molecule has 0 aliphatic carbocycles. The first-order valence-corrected chi connectivity index (χ1v) is 10.9. The van der Waals surface area contributed by atoms with Gasteiger partial charge in [-0.15, -0.1) is 0 Å². The summed E-state index contributed by atoms with van der Waals surface area (Å²) in [6.07, 6.45) is 0.979. The van der Waals surface area contributed by atoms with E-state index in [1.54, 1.807) is 14.2 Å². The van der Waals surface area contributed by atoms with E-state index in [0.29, 0.717) is 11.2 Å². The van der Waals surface area contributed by atoms with Crippen molar-refractivity contribution in [2.24, 2.45) is 0 Å². The van der Waals surface area contributed by atoms with Gasteiger partial charge in [0.25, 0.3) is 0 Å². The molecule has 0 unspecified atom stereocenters. The topological polar surface area (TPSA) is 45.8 Å². The lowest BCUT2D eigenvalue weighted by Gasteiger charge is -2.38. The molecule has 2 aromatic carbocycles. The lowest BCUT2D eigenvalue weighted by molar-refractivity contribution is 0.175. The van der Waals surface area contributed by atoms with Crippen molar-refractivity contribution in [2.45, 2.75) is 45.8 Å². The van der Waals surface area contributed by atoms with Gasteiger partial charge >= 0.3 is 0 Å². The van der Waals surface area contributed by atoms with Crippen LogP contribution in [-0.4, -0.2) is 43.4 Å². The standard InChI is InChI=1S/C24H33N3O2S/c1-16(2)26-24(30)25-14-21-20-13-23(29-5)22(28-4)12-18(20)10-11-27(21)15-19-9-7-6-8-17(19)3/h6-9,12-13,16,21H,10-11,14-15H2,1-5H3,(H2,25,26,30)/t21-/m1/s1. The average molecular weight is 428 g/mol. The number of fused-ring (bicyclic) bond motifs is 1. The highest BCUT2D eigenvalue weighted by molar-refractivity contribution is 7.80. The predicted molar refractivity (Wildman–Crippen MR) is 126 cm³/mol. The number of methoxy groups -OCH3 is 2. The molecule has 0 radical (unpaired) electrons. The molecular weight excluding hydrogens is 394 g/mol. The molecule has 1 heterocycles. The van der Waals surface area contributed by atoms with E-state index in [0.717, 1.165) is 37.6 Å². The van der Waals surface area contributed by atoms with Crippen LogP contribution < -0.4 is 20.1 Å². The van der Waals surface area contributed by atoms with Gasteiger partial charge in [0, 0.05) is 25.7 Å². The van der Waals surface area contributed by atoms with Gasteiger partial charge in [-0.3, -0.25) is 4.90 Å². The van der Waals surface area contributed by atoms with Gasteiger partial charge in [-0.05, 0) is 73.8 Å². The molecule has 30 heavy (non-hydrogen) atoms. The van der Waals surface area contributed by atoms with Gasteiger partial charge in [0.05, 0.1) is 20.3 Å². The van der Waals surface area contributed by atoms with Crippen LogP contribution in [0.4, 0.5) is 0 Å². The number of nitrogens with zero attached hydrogens (tertiary/aromatic N) is 1. The van der Waals surface area contributed by atoms with Gasteiger partial charge < -0.3 is 20.1 Å². The number of hydrogen-bond donors (Lipinski definition) is 2. The first-order chi connectivity index (χ1) is 14.4. The molecule has 0 saturated heterocycles. The Labute approximate surface area is 185 Å². The lowest BCUT2D eigenvalue weighted by Crippen LogP contribution is -2.45. The van der Waals surface area contributed by atoms with E-state index in [1.807, 2.05) is 0 Å². The maximum Gasteiger partial charge on any atom is 0.166 e. The Balaban J connectivity index is 1.91. The van der Waals surface area contributed by atoms with Crippen molar-refractivity contribution in [3.8, 4) is 11.5 Å². The van der Waals surface area contributed by atoms with Crippen LogP contribution in [0.3, 0.4) is 0 Å². The summed E-state index contributed by atoms with van der Waals surface area (Å²) in [4.78, 5) is 2.53. The van der Waals surface area contributed by atoms with Crippen LogP contribution in [-0.2, 0) is 13.0 Å². The van der Waals surface area contributed by atoms with E-state index in [-0.39, 0.29) is 6.04 Å².